The Morgan fingerprint density at radius 2 is 1.47 bits per heavy atom. The smallest absolute Gasteiger partial charge is 0.118 e. The molecular formula is C16H18O. The van der Waals surface area contributed by atoms with Gasteiger partial charge in [0, 0.05) is 0 Å². The Morgan fingerprint density at radius 3 is 1.94 bits per heavy atom. The highest BCUT2D eigenvalue weighted by Gasteiger charge is 1.87. The van der Waals surface area contributed by atoms with Crippen molar-refractivity contribution in [2.75, 3.05) is 0 Å². The maximum Gasteiger partial charge on any atom is 0.118 e. The highest BCUT2D eigenvalue weighted by molar-refractivity contribution is 5.47. The number of para-hydroxylation sites is 1. The fourth-order valence-electron chi connectivity index (χ4n) is 1.32. The van der Waals surface area contributed by atoms with Crippen molar-refractivity contribution < 1.29 is 5.11 Å². The Labute approximate surface area is 103 Å². The van der Waals surface area contributed by atoms with Crippen LogP contribution in [0.5, 0.6) is 5.75 Å². The fraction of sp³-hybridized carbons (Fsp3) is 0.125. The van der Waals surface area contributed by atoms with E-state index in [0.717, 1.165) is 5.56 Å². The van der Waals surface area contributed by atoms with Crippen molar-refractivity contribution in [3.05, 3.63) is 71.8 Å². The van der Waals surface area contributed by atoms with Crippen molar-refractivity contribution in [2.24, 2.45) is 0 Å². The Hall–Kier alpha value is -2.02. The number of hydrogen-bond donors (Lipinski definition) is 1. The van der Waals surface area contributed by atoms with Crippen LogP contribution < -0.4 is 0 Å². The summed E-state index contributed by atoms with van der Waals surface area (Å²) in [5.74, 6) is 0.368. The van der Waals surface area contributed by atoms with E-state index in [4.69, 9.17) is 5.11 Å². The lowest BCUT2D eigenvalue weighted by molar-refractivity contribution is 0.471. The molecule has 0 aliphatic heterocycles. The van der Waals surface area contributed by atoms with Crippen LogP contribution in [0.4, 0.5) is 0 Å². The average molecular weight is 226 g/mol. The van der Waals surface area contributed by atoms with Crippen molar-refractivity contribution in [1.82, 2.24) is 0 Å². The van der Waals surface area contributed by atoms with Gasteiger partial charge in [-0.3, -0.25) is 0 Å². The third-order valence-corrected chi connectivity index (χ3v) is 2.27. The van der Waals surface area contributed by atoms with E-state index in [1.807, 2.05) is 56.3 Å². The van der Waals surface area contributed by atoms with Gasteiger partial charge in [-0.05, 0) is 31.0 Å². The van der Waals surface area contributed by atoms with Gasteiger partial charge in [-0.15, -0.1) is 0 Å². The molecule has 1 heteroatoms. The van der Waals surface area contributed by atoms with Crippen LogP contribution in [-0.4, -0.2) is 5.11 Å². The van der Waals surface area contributed by atoms with E-state index in [9.17, 15) is 0 Å². The molecule has 1 nitrogen and oxygen atoms in total. The van der Waals surface area contributed by atoms with Crippen molar-refractivity contribution in [3.63, 3.8) is 0 Å². The van der Waals surface area contributed by atoms with E-state index < -0.39 is 0 Å². The molecule has 0 bridgehead atoms. The predicted octanol–water partition coefficient (Wildman–Crippen LogP) is 4.42. The Kier molecular flexibility index (Phi) is 5.59. The molecule has 0 atom stereocenters. The minimum atomic E-state index is 0.368. The first-order valence-electron chi connectivity index (χ1n) is 5.66. The van der Waals surface area contributed by atoms with Crippen LogP contribution in [0.2, 0.25) is 0 Å². The molecule has 0 saturated heterocycles. The second-order valence-electron chi connectivity index (χ2n) is 3.70. The van der Waals surface area contributed by atoms with E-state index in [2.05, 4.69) is 18.2 Å². The maximum atomic E-state index is 8.92. The molecule has 0 saturated carbocycles. The first-order valence-corrected chi connectivity index (χ1v) is 5.66. The summed E-state index contributed by atoms with van der Waals surface area (Å²) in [4.78, 5) is 0. The number of allylic oxidation sites excluding steroid dienone is 1. The number of hydrogen-bond acceptors (Lipinski definition) is 1. The third-order valence-electron chi connectivity index (χ3n) is 2.27. The van der Waals surface area contributed by atoms with Gasteiger partial charge in [0.2, 0.25) is 0 Å². The summed E-state index contributed by atoms with van der Waals surface area (Å²) in [6, 6.07) is 17.5. The van der Waals surface area contributed by atoms with Crippen molar-refractivity contribution >= 4 is 6.08 Å². The zero-order valence-corrected chi connectivity index (χ0v) is 10.3. The van der Waals surface area contributed by atoms with Gasteiger partial charge in [0.05, 0.1) is 0 Å². The molecule has 0 fully saturated rings. The SMILES string of the molecule is CC=Cc1ccccc1.Cc1ccccc1O. The second kappa shape index (κ2) is 7.29. The van der Waals surface area contributed by atoms with Gasteiger partial charge in [0.25, 0.3) is 0 Å². The molecule has 0 spiro atoms. The van der Waals surface area contributed by atoms with Gasteiger partial charge in [-0.25, -0.2) is 0 Å². The summed E-state index contributed by atoms with van der Waals surface area (Å²) >= 11 is 0. The lowest BCUT2D eigenvalue weighted by atomic mass is 10.2. The Morgan fingerprint density at radius 1 is 0.882 bits per heavy atom. The molecule has 0 amide bonds. The number of benzene rings is 2. The molecule has 0 aliphatic carbocycles. The molecule has 2 aromatic rings. The van der Waals surface area contributed by atoms with Crippen molar-refractivity contribution in [2.45, 2.75) is 13.8 Å². The second-order valence-corrected chi connectivity index (χ2v) is 3.70. The largest absolute Gasteiger partial charge is 0.508 e. The molecule has 0 aromatic heterocycles. The number of aromatic hydroxyl groups is 1. The minimum absolute atomic E-state index is 0.368. The molecule has 1 N–H and O–H groups in total. The van der Waals surface area contributed by atoms with Crippen molar-refractivity contribution in [1.29, 1.82) is 0 Å². The van der Waals surface area contributed by atoms with Gasteiger partial charge in [-0.2, -0.15) is 0 Å². The summed E-state index contributed by atoms with van der Waals surface area (Å²) in [6.45, 7) is 3.89. The fourth-order valence-corrected chi connectivity index (χ4v) is 1.32. The molecule has 0 radical (unpaired) electrons. The maximum absolute atomic E-state index is 8.92. The van der Waals surface area contributed by atoms with Crippen LogP contribution in [-0.2, 0) is 0 Å². The van der Waals surface area contributed by atoms with Crippen LogP contribution >= 0.6 is 0 Å². The normalized spacial score (nSPS) is 9.76. The number of phenolic OH excluding ortho intramolecular Hbond substituents is 1. The van der Waals surface area contributed by atoms with Gasteiger partial charge < -0.3 is 5.11 Å². The van der Waals surface area contributed by atoms with E-state index in [1.54, 1.807) is 6.07 Å². The molecular weight excluding hydrogens is 208 g/mol. The van der Waals surface area contributed by atoms with E-state index in [1.165, 1.54) is 5.56 Å². The van der Waals surface area contributed by atoms with E-state index in [0.29, 0.717) is 5.75 Å². The lowest BCUT2D eigenvalue weighted by Crippen LogP contribution is -1.68. The quantitative estimate of drug-likeness (QED) is 0.763. The summed E-state index contributed by atoms with van der Waals surface area (Å²) in [5.41, 5.74) is 2.19. The topological polar surface area (TPSA) is 20.2 Å². The predicted molar refractivity (Wildman–Crippen MR) is 74.0 cm³/mol. The standard InChI is InChI=1S/C9H10.C7H8O/c1-2-6-9-7-4-3-5-8-9;1-6-4-2-3-5-7(6)8/h2-8H,1H3;2-5,8H,1H3. The summed E-state index contributed by atoms with van der Waals surface area (Å²) in [6.07, 6.45) is 4.12. The van der Waals surface area contributed by atoms with Gasteiger partial charge >= 0.3 is 0 Å². The van der Waals surface area contributed by atoms with Crippen LogP contribution in [0.3, 0.4) is 0 Å². The molecule has 0 unspecified atom stereocenters. The Balaban J connectivity index is 0.000000171. The van der Waals surface area contributed by atoms with Gasteiger partial charge in [0.1, 0.15) is 5.75 Å². The van der Waals surface area contributed by atoms with Gasteiger partial charge in [-0.1, -0.05) is 60.7 Å². The number of rotatable bonds is 1. The van der Waals surface area contributed by atoms with Crippen LogP contribution in [0.15, 0.2) is 60.7 Å². The highest BCUT2D eigenvalue weighted by atomic mass is 16.3. The summed E-state index contributed by atoms with van der Waals surface area (Å²) in [7, 11) is 0. The first-order chi connectivity index (χ1) is 8.24. The molecule has 17 heavy (non-hydrogen) atoms. The van der Waals surface area contributed by atoms with Crippen molar-refractivity contribution in [3.8, 4) is 5.75 Å². The van der Waals surface area contributed by atoms with E-state index >= 15 is 0 Å². The molecule has 2 aromatic carbocycles. The van der Waals surface area contributed by atoms with Crippen LogP contribution in [0, 0.1) is 6.92 Å². The van der Waals surface area contributed by atoms with Gasteiger partial charge in [0.15, 0.2) is 0 Å². The monoisotopic (exact) mass is 226 g/mol. The zero-order chi connectivity index (χ0) is 12.5. The highest BCUT2D eigenvalue weighted by Crippen LogP contribution is 2.12. The van der Waals surface area contributed by atoms with Crippen LogP contribution in [0.1, 0.15) is 18.1 Å². The van der Waals surface area contributed by atoms with E-state index in [-0.39, 0.29) is 0 Å². The minimum Gasteiger partial charge on any atom is -0.508 e. The number of phenols is 1. The zero-order valence-electron chi connectivity index (χ0n) is 10.3. The summed E-state index contributed by atoms with van der Waals surface area (Å²) < 4.78 is 0. The molecule has 0 aliphatic rings. The lowest BCUT2D eigenvalue weighted by Gasteiger charge is -1.92. The average Bonchev–Trinajstić information content (AvgIpc) is 2.36. The number of aryl methyl sites for hydroxylation is 1. The first kappa shape index (κ1) is 13.0. The Bertz CT molecular complexity index is 437. The summed E-state index contributed by atoms with van der Waals surface area (Å²) in [5, 5.41) is 8.92. The molecule has 0 heterocycles. The molecule has 88 valence electrons. The third kappa shape index (κ3) is 5.03. The molecule has 2 rings (SSSR count). The van der Waals surface area contributed by atoms with Crippen LogP contribution in [0.25, 0.3) is 6.08 Å².